The summed E-state index contributed by atoms with van der Waals surface area (Å²) in [4.78, 5) is 18.2. The second kappa shape index (κ2) is 7.94. The van der Waals surface area contributed by atoms with Gasteiger partial charge in [0.2, 0.25) is 5.91 Å². The van der Waals surface area contributed by atoms with Crippen LogP contribution in [0.5, 0.6) is 5.75 Å². The number of nitrogens with one attached hydrogen (secondary N) is 1. The molecule has 2 aromatic rings. The molecule has 0 radical (unpaired) electrons. The van der Waals surface area contributed by atoms with Gasteiger partial charge in [0.25, 0.3) is 0 Å². The smallest absolute Gasteiger partial charge is 0.225 e. The Morgan fingerprint density at radius 2 is 2.32 bits per heavy atom. The third-order valence-electron chi connectivity index (χ3n) is 4.09. The van der Waals surface area contributed by atoms with Crippen LogP contribution in [0.25, 0.3) is 0 Å². The summed E-state index contributed by atoms with van der Waals surface area (Å²) in [6, 6.07) is 7.83. The zero-order valence-electron chi connectivity index (χ0n) is 13.8. The molecule has 0 aliphatic carbocycles. The molecule has 0 bridgehead atoms. The van der Waals surface area contributed by atoms with Crippen LogP contribution in [0, 0.1) is 5.82 Å². The van der Waals surface area contributed by atoms with Crippen molar-refractivity contribution in [2.75, 3.05) is 30.7 Å². The first-order chi connectivity index (χ1) is 12.1. The molecule has 1 saturated heterocycles. The molecule has 6 nitrogen and oxygen atoms in total. The van der Waals surface area contributed by atoms with Crippen LogP contribution in [-0.4, -0.2) is 41.5 Å². The van der Waals surface area contributed by atoms with E-state index >= 15 is 0 Å². The summed E-state index contributed by atoms with van der Waals surface area (Å²) in [5.74, 6) is 0.0269. The quantitative estimate of drug-likeness (QED) is 0.786. The lowest BCUT2D eigenvalue weighted by atomic mass is 10.2. The summed E-state index contributed by atoms with van der Waals surface area (Å²) < 4.78 is 19.5. The minimum absolute atomic E-state index is 0.0960. The maximum Gasteiger partial charge on any atom is 0.225 e. The molecule has 7 heteroatoms. The van der Waals surface area contributed by atoms with Crippen molar-refractivity contribution in [1.29, 1.82) is 0 Å². The first-order valence-corrected chi connectivity index (χ1v) is 8.24. The number of nitrogens with two attached hydrogens (primary N) is 1. The predicted octanol–water partition coefficient (Wildman–Crippen LogP) is 2.28. The lowest BCUT2D eigenvalue weighted by Crippen LogP contribution is -2.28. The summed E-state index contributed by atoms with van der Waals surface area (Å²) in [7, 11) is 0. The van der Waals surface area contributed by atoms with Gasteiger partial charge >= 0.3 is 0 Å². The van der Waals surface area contributed by atoms with Crippen molar-refractivity contribution in [2.45, 2.75) is 18.9 Å². The molecule has 3 N–H and O–H groups in total. The molecule has 0 saturated carbocycles. The van der Waals surface area contributed by atoms with Crippen LogP contribution in [0.3, 0.4) is 0 Å². The van der Waals surface area contributed by atoms with Crippen molar-refractivity contribution in [3.05, 3.63) is 48.5 Å². The number of benzene rings is 1. The van der Waals surface area contributed by atoms with Crippen molar-refractivity contribution in [3.8, 4) is 5.75 Å². The van der Waals surface area contributed by atoms with Gasteiger partial charge in [0.15, 0.2) is 0 Å². The number of hydrogen-bond donors (Lipinski definition) is 2. The molecule has 1 aliphatic heterocycles. The first kappa shape index (κ1) is 17.2. The SMILES string of the molecule is Nc1ccc(F)c(NC(=O)CCN2CCC(Oc3cccnc3)C2)c1. The fraction of sp³-hybridized carbons (Fsp3) is 0.333. The van der Waals surface area contributed by atoms with E-state index in [1.165, 1.54) is 18.2 Å². The van der Waals surface area contributed by atoms with Gasteiger partial charge in [-0.1, -0.05) is 0 Å². The van der Waals surface area contributed by atoms with Crippen LogP contribution >= 0.6 is 0 Å². The first-order valence-electron chi connectivity index (χ1n) is 8.24. The van der Waals surface area contributed by atoms with Crippen LogP contribution in [0.15, 0.2) is 42.7 Å². The number of rotatable bonds is 6. The summed E-state index contributed by atoms with van der Waals surface area (Å²) >= 11 is 0. The van der Waals surface area contributed by atoms with Gasteiger partial charge < -0.3 is 15.8 Å². The third-order valence-corrected chi connectivity index (χ3v) is 4.09. The maximum absolute atomic E-state index is 13.6. The zero-order valence-corrected chi connectivity index (χ0v) is 13.8. The molecule has 1 aromatic carbocycles. The summed E-state index contributed by atoms with van der Waals surface area (Å²) in [5.41, 5.74) is 6.13. The monoisotopic (exact) mass is 344 g/mol. The molecule has 0 spiro atoms. The van der Waals surface area contributed by atoms with E-state index in [0.717, 1.165) is 25.3 Å². The number of nitrogens with zero attached hydrogens (tertiary/aromatic N) is 2. The van der Waals surface area contributed by atoms with E-state index < -0.39 is 5.82 Å². The zero-order chi connectivity index (χ0) is 17.6. The minimum Gasteiger partial charge on any atom is -0.487 e. The highest BCUT2D eigenvalue weighted by Gasteiger charge is 2.24. The van der Waals surface area contributed by atoms with Crippen molar-refractivity contribution < 1.29 is 13.9 Å². The number of anilines is 2. The number of aromatic nitrogens is 1. The highest BCUT2D eigenvalue weighted by molar-refractivity contribution is 5.91. The Morgan fingerprint density at radius 1 is 1.44 bits per heavy atom. The number of hydrogen-bond acceptors (Lipinski definition) is 5. The second-order valence-corrected chi connectivity index (χ2v) is 6.06. The number of nitrogen functional groups attached to an aromatic ring is 1. The van der Waals surface area contributed by atoms with Gasteiger partial charge in [-0.2, -0.15) is 0 Å². The standard InChI is InChI=1S/C18H21FN4O2/c19-16-4-3-13(20)10-17(16)22-18(24)6-9-23-8-5-15(12-23)25-14-2-1-7-21-11-14/h1-4,7,10-11,15H,5-6,8-9,12,20H2,(H,22,24). The van der Waals surface area contributed by atoms with Crippen molar-refractivity contribution in [1.82, 2.24) is 9.88 Å². The molecule has 1 aliphatic rings. The molecule has 1 fully saturated rings. The average molecular weight is 344 g/mol. The van der Waals surface area contributed by atoms with E-state index in [4.69, 9.17) is 10.5 Å². The van der Waals surface area contributed by atoms with Crippen molar-refractivity contribution in [2.24, 2.45) is 0 Å². The number of likely N-dealkylation sites (tertiary alicyclic amines) is 1. The van der Waals surface area contributed by atoms with Crippen molar-refractivity contribution >= 4 is 17.3 Å². The van der Waals surface area contributed by atoms with E-state index in [-0.39, 0.29) is 24.1 Å². The summed E-state index contributed by atoms with van der Waals surface area (Å²) in [6.07, 6.45) is 4.68. The van der Waals surface area contributed by atoms with Crippen LogP contribution in [0.1, 0.15) is 12.8 Å². The Balaban J connectivity index is 1.43. The van der Waals surface area contributed by atoms with Gasteiger partial charge in [-0.25, -0.2) is 4.39 Å². The predicted molar refractivity (Wildman–Crippen MR) is 93.8 cm³/mol. The molecule has 132 valence electrons. The number of halogens is 1. The summed E-state index contributed by atoms with van der Waals surface area (Å²) in [5, 5.41) is 2.57. The van der Waals surface area contributed by atoms with Crippen LogP contribution in [0.4, 0.5) is 15.8 Å². The molecule has 3 rings (SSSR count). The lowest BCUT2D eigenvalue weighted by Gasteiger charge is -2.16. The van der Waals surface area contributed by atoms with Gasteiger partial charge in [-0.3, -0.25) is 14.7 Å². The molecule has 1 amide bonds. The second-order valence-electron chi connectivity index (χ2n) is 6.06. The molecular formula is C18H21FN4O2. The van der Waals surface area contributed by atoms with Crippen LogP contribution < -0.4 is 15.8 Å². The van der Waals surface area contributed by atoms with Gasteiger partial charge in [0, 0.05) is 37.9 Å². The molecule has 2 heterocycles. The Hall–Kier alpha value is -2.67. The fourth-order valence-electron chi connectivity index (χ4n) is 2.82. The maximum atomic E-state index is 13.6. The van der Waals surface area contributed by atoms with E-state index in [9.17, 15) is 9.18 Å². The van der Waals surface area contributed by atoms with Gasteiger partial charge in [0.1, 0.15) is 17.7 Å². The van der Waals surface area contributed by atoms with E-state index in [1.807, 2.05) is 12.1 Å². The molecule has 1 atom stereocenters. The van der Waals surface area contributed by atoms with E-state index in [1.54, 1.807) is 12.4 Å². The molecule has 1 unspecified atom stereocenters. The highest BCUT2D eigenvalue weighted by Crippen LogP contribution is 2.19. The number of ether oxygens (including phenoxy) is 1. The van der Waals surface area contributed by atoms with E-state index in [0.29, 0.717) is 12.2 Å². The number of pyridine rings is 1. The van der Waals surface area contributed by atoms with Gasteiger partial charge in [0.05, 0.1) is 11.9 Å². The Bertz CT molecular complexity index is 726. The molecular weight excluding hydrogens is 323 g/mol. The van der Waals surface area contributed by atoms with Crippen LogP contribution in [-0.2, 0) is 4.79 Å². The fourth-order valence-corrected chi connectivity index (χ4v) is 2.82. The van der Waals surface area contributed by atoms with Gasteiger partial charge in [-0.15, -0.1) is 0 Å². The molecule has 25 heavy (non-hydrogen) atoms. The highest BCUT2D eigenvalue weighted by atomic mass is 19.1. The summed E-state index contributed by atoms with van der Waals surface area (Å²) in [6.45, 7) is 2.22. The lowest BCUT2D eigenvalue weighted by molar-refractivity contribution is -0.116. The third kappa shape index (κ3) is 4.90. The number of amides is 1. The van der Waals surface area contributed by atoms with Crippen molar-refractivity contribution in [3.63, 3.8) is 0 Å². The minimum atomic E-state index is -0.492. The topological polar surface area (TPSA) is 80.5 Å². The van der Waals surface area contributed by atoms with E-state index in [2.05, 4.69) is 15.2 Å². The molecule has 1 aromatic heterocycles. The Morgan fingerprint density at radius 3 is 3.12 bits per heavy atom. The largest absolute Gasteiger partial charge is 0.487 e. The van der Waals surface area contributed by atoms with Gasteiger partial charge in [-0.05, 0) is 36.8 Å². The normalized spacial score (nSPS) is 17.4. The Labute approximate surface area is 145 Å². The number of carbonyl (C=O) groups excluding carboxylic acids is 1. The Kier molecular flexibility index (Phi) is 5.45. The average Bonchev–Trinajstić information content (AvgIpc) is 3.05. The van der Waals surface area contributed by atoms with Crippen LogP contribution in [0.2, 0.25) is 0 Å². The number of carbonyl (C=O) groups is 1.